The van der Waals surface area contributed by atoms with Crippen LogP contribution in [0.2, 0.25) is 0 Å². The average molecular weight is 542 g/mol. The van der Waals surface area contributed by atoms with E-state index in [-0.39, 0.29) is 17.9 Å². The maximum absolute atomic E-state index is 12.9. The van der Waals surface area contributed by atoms with Gasteiger partial charge in [-0.05, 0) is 83.6 Å². The highest BCUT2D eigenvalue weighted by Gasteiger charge is 2.39. The second-order valence-corrected chi connectivity index (χ2v) is 11.7. The van der Waals surface area contributed by atoms with Gasteiger partial charge in [0.15, 0.2) is 0 Å². The fraction of sp³-hybridized carbons (Fsp3) is 0.500. The smallest absolute Gasteiger partial charge is 0.410 e. The van der Waals surface area contributed by atoms with E-state index in [4.69, 9.17) is 10.00 Å². The van der Waals surface area contributed by atoms with Gasteiger partial charge in [0.25, 0.3) is 0 Å². The lowest BCUT2D eigenvalue weighted by Gasteiger charge is -2.34. The Morgan fingerprint density at radius 2 is 1.85 bits per heavy atom. The molecule has 2 heterocycles. The van der Waals surface area contributed by atoms with E-state index in [0.717, 1.165) is 43.4 Å². The Morgan fingerprint density at radius 3 is 2.52 bits per heavy atom. The molecular weight excluding hydrogens is 506 g/mol. The molecule has 5 rings (SSSR count). The van der Waals surface area contributed by atoms with Crippen LogP contribution in [-0.2, 0) is 9.53 Å². The van der Waals surface area contributed by atoms with E-state index in [1.54, 1.807) is 23.2 Å². The number of aromatic nitrogens is 2. The Bertz CT molecular complexity index is 1360. The van der Waals surface area contributed by atoms with Crippen molar-refractivity contribution >= 4 is 29.5 Å². The van der Waals surface area contributed by atoms with E-state index in [0.29, 0.717) is 36.3 Å². The summed E-state index contributed by atoms with van der Waals surface area (Å²) in [6.45, 7) is 6.01. The lowest BCUT2D eigenvalue weighted by Crippen LogP contribution is -2.52. The van der Waals surface area contributed by atoms with Gasteiger partial charge >= 0.3 is 6.09 Å². The predicted molar refractivity (Wildman–Crippen MR) is 151 cm³/mol. The van der Waals surface area contributed by atoms with E-state index in [1.807, 2.05) is 32.9 Å². The van der Waals surface area contributed by atoms with Crippen LogP contribution in [0, 0.1) is 29.1 Å². The number of carbonyl (C=O) groups excluding carboxylic acids is 2. The molecule has 1 aromatic carbocycles. The normalized spacial score (nSPS) is 21.8. The summed E-state index contributed by atoms with van der Waals surface area (Å²) in [4.78, 5) is 36.1. The number of benzene rings is 1. The van der Waals surface area contributed by atoms with Crippen LogP contribution in [0.4, 0.5) is 22.2 Å². The number of nitrogens with zero attached hydrogens (tertiary/aromatic N) is 4. The summed E-state index contributed by atoms with van der Waals surface area (Å²) in [6, 6.07) is 9.19. The first-order valence-electron chi connectivity index (χ1n) is 13.9. The van der Waals surface area contributed by atoms with Crippen LogP contribution in [0.3, 0.4) is 0 Å². The zero-order chi connectivity index (χ0) is 28.3. The number of anilines is 3. The third-order valence-electron chi connectivity index (χ3n) is 7.06. The van der Waals surface area contributed by atoms with Crippen molar-refractivity contribution in [3.05, 3.63) is 41.6 Å². The molecule has 3 N–H and O–H groups in total. The van der Waals surface area contributed by atoms with E-state index in [9.17, 15) is 9.59 Å². The minimum atomic E-state index is -0.596. The van der Waals surface area contributed by atoms with Gasteiger partial charge in [0.2, 0.25) is 11.9 Å². The molecule has 1 saturated heterocycles. The van der Waals surface area contributed by atoms with Crippen LogP contribution in [0.1, 0.15) is 70.4 Å². The van der Waals surface area contributed by atoms with Crippen LogP contribution in [0.5, 0.6) is 0 Å². The minimum absolute atomic E-state index is 0.0483. The molecule has 0 unspecified atom stereocenters. The Hall–Kier alpha value is -4.31. The van der Waals surface area contributed by atoms with Crippen LogP contribution >= 0.6 is 0 Å². The largest absolute Gasteiger partial charge is 0.444 e. The van der Waals surface area contributed by atoms with Gasteiger partial charge in [0.1, 0.15) is 17.5 Å². The fourth-order valence-corrected chi connectivity index (χ4v) is 4.73. The number of rotatable bonds is 6. The van der Waals surface area contributed by atoms with Gasteiger partial charge in [0.05, 0.1) is 23.4 Å². The summed E-state index contributed by atoms with van der Waals surface area (Å²) in [5.74, 6) is 7.77. The second-order valence-electron chi connectivity index (χ2n) is 11.7. The zero-order valence-corrected chi connectivity index (χ0v) is 23.2. The SMILES string of the molecule is CC(C)(C)OC(=O)N1CCC[C@H]1C(=O)NC1CC(C#Cc2cnc(Nc3ccc(C#N)cc3)nc2NC2CC2)C1. The third kappa shape index (κ3) is 7.01. The zero-order valence-electron chi connectivity index (χ0n) is 23.2. The Morgan fingerprint density at radius 1 is 1.10 bits per heavy atom. The van der Waals surface area contributed by atoms with Crippen molar-refractivity contribution in [1.29, 1.82) is 5.26 Å². The summed E-state index contributed by atoms with van der Waals surface area (Å²) in [6.07, 6.45) is 6.46. The van der Waals surface area contributed by atoms with Gasteiger partial charge in [0, 0.05) is 30.2 Å². The summed E-state index contributed by atoms with van der Waals surface area (Å²) >= 11 is 0. The summed E-state index contributed by atoms with van der Waals surface area (Å²) in [5.41, 5.74) is 1.53. The Labute approximate surface area is 234 Å². The lowest BCUT2D eigenvalue weighted by molar-refractivity contribution is -0.126. The Balaban J connectivity index is 1.16. The highest BCUT2D eigenvalue weighted by Crippen LogP contribution is 2.30. The van der Waals surface area contributed by atoms with Crippen molar-refractivity contribution in [2.45, 2.75) is 83.0 Å². The molecule has 10 heteroatoms. The molecule has 1 aliphatic heterocycles. The molecular formula is C30H35N7O3. The number of nitrogens with one attached hydrogen (secondary N) is 3. The maximum atomic E-state index is 12.9. The number of hydrogen-bond donors (Lipinski definition) is 3. The predicted octanol–water partition coefficient (Wildman–Crippen LogP) is 4.31. The maximum Gasteiger partial charge on any atom is 0.410 e. The van der Waals surface area contributed by atoms with E-state index < -0.39 is 17.7 Å². The number of hydrogen-bond acceptors (Lipinski definition) is 8. The second kappa shape index (κ2) is 11.4. The number of likely N-dealkylation sites (tertiary alicyclic amines) is 1. The fourth-order valence-electron chi connectivity index (χ4n) is 4.73. The highest BCUT2D eigenvalue weighted by molar-refractivity contribution is 5.86. The van der Waals surface area contributed by atoms with E-state index >= 15 is 0 Å². The van der Waals surface area contributed by atoms with Gasteiger partial charge in [-0.2, -0.15) is 10.2 Å². The number of carbonyl (C=O) groups is 2. The first-order valence-corrected chi connectivity index (χ1v) is 13.9. The van der Waals surface area contributed by atoms with Crippen LogP contribution in [0.25, 0.3) is 0 Å². The molecule has 3 aliphatic rings. The quantitative estimate of drug-likeness (QED) is 0.461. The van der Waals surface area contributed by atoms with Gasteiger partial charge in [-0.15, -0.1) is 0 Å². The summed E-state index contributed by atoms with van der Waals surface area (Å²) in [5, 5.41) is 18.7. The van der Waals surface area contributed by atoms with Crippen molar-refractivity contribution in [1.82, 2.24) is 20.2 Å². The minimum Gasteiger partial charge on any atom is -0.444 e. The Kier molecular flexibility index (Phi) is 7.79. The first-order chi connectivity index (χ1) is 19.2. The molecule has 3 fully saturated rings. The topological polar surface area (TPSA) is 132 Å². The molecule has 1 aromatic heterocycles. The van der Waals surface area contributed by atoms with E-state index in [2.05, 4.69) is 43.8 Å². The average Bonchev–Trinajstić information content (AvgIpc) is 3.56. The van der Waals surface area contributed by atoms with Crippen LogP contribution < -0.4 is 16.0 Å². The molecule has 1 atom stereocenters. The molecule has 0 spiro atoms. The van der Waals surface area contributed by atoms with Crippen molar-refractivity contribution in [2.24, 2.45) is 5.92 Å². The number of nitriles is 1. The van der Waals surface area contributed by atoms with Crippen molar-refractivity contribution < 1.29 is 14.3 Å². The van der Waals surface area contributed by atoms with Gasteiger partial charge < -0.3 is 20.7 Å². The third-order valence-corrected chi connectivity index (χ3v) is 7.06. The summed E-state index contributed by atoms with van der Waals surface area (Å²) in [7, 11) is 0. The van der Waals surface area contributed by atoms with Crippen LogP contribution in [-0.4, -0.2) is 57.1 Å². The number of ether oxygens (including phenoxy) is 1. The van der Waals surface area contributed by atoms with Gasteiger partial charge in [-0.1, -0.05) is 11.8 Å². The van der Waals surface area contributed by atoms with E-state index in [1.165, 1.54) is 0 Å². The lowest BCUT2D eigenvalue weighted by atomic mass is 9.80. The molecule has 2 saturated carbocycles. The molecule has 2 aliphatic carbocycles. The molecule has 208 valence electrons. The van der Waals surface area contributed by atoms with Crippen molar-refractivity contribution in [2.75, 3.05) is 17.2 Å². The molecule has 40 heavy (non-hydrogen) atoms. The molecule has 0 radical (unpaired) electrons. The first kappa shape index (κ1) is 27.3. The van der Waals surface area contributed by atoms with Gasteiger partial charge in [-0.3, -0.25) is 9.69 Å². The summed E-state index contributed by atoms with van der Waals surface area (Å²) < 4.78 is 5.48. The molecule has 10 nitrogen and oxygen atoms in total. The monoisotopic (exact) mass is 541 g/mol. The van der Waals surface area contributed by atoms with Crippen molar-refractivity contribution in [3.8, 4) is 17.9 Å². The number of amides is 2. The molecule has 2 amide bonds. The standard InChI is InChI=1S/C30H35N7O3/c1-30(2,3)40-29(39)37-14-4-5-25(37)27(38)34-24-15-20(16-24)6-9-21-18-32-28(36-26(21)33-22-12-13-22)35-23-10-7-19(17-31)8-11-23/h7-8,10-11,18,20,22,24-25H,4-5,12-16H2,1-3H3,(H,34,38)(H2,32,33,35,36)/t20?,24?,25-/m0/s1. The highest BCUT2D eigenvalue weighted by atomic mass is 16.6. The molecule has 0 bridgehead atoms. The van der Waals surface area contributed by atoms with Gasteiger partial charge in [-0.25, -0.2) is 9.78 Å². The van der Waals surface area contributed by atoms with Crippen molar-refractivity contribution in [3.63, 3.8) is 0 Å². The van der Waals surface area contributed by atoms with Crippen LogP contribution in [0.15, 0.2) is 30.5 Å². The molecule has 2 aromatic rings.